The van der Waals surface area contributed by atoms with Crippen LogP contribution in [0.4, 0.5) is 19.0 Å². The highest BCUT2D eigenvalue weighted by Gasteiger charge is 2.39. The van der Waals surface area contributed by atoms with Gasteiger partial charge < -0.3 is 9.47 Å². The van der Waals surface area contributed by atoms with Crippen LogP contribution in [-0.4, -0.2) is 37.2 Å². The first-order valence-corrected chi connectivity index (χ1v) is 9.69. The quantitative estimate of drug-likeness (QED) is 0.372. The van der Waals surface area contributed by atoms with Gasteiger partial charge >= 0.3 is 12.1 Å². The molecule has 4 heterocycles. The number of amides is 1. The van der Waals surface area contributed by atoms with E-state index in [-0.39, 0.29) is 31.3 Å². The van der Waals surface area contributed by atoms with Crippen LogP contribution in [0.2, 0.25) is 0 Å². The van der Waals surface area contributed by atoms with Gasteiger partial charge in [0.2, 0.25) is 11.6 Å². The number of hydrazine groups is 1. The van der Waals surface area contributed by atoms with Crippen molar-refractivity contribution in [3.63, 3.8) is 0 Å². The number of carbonyl (C=O) groups excluding carboxylic acids is 1. The van der Waals surface area contributed by atoms with Gasteiger partial charge in [-0.05, 0) is 12.5 Å². The summed E-state index contributed by atoms with van der Waals surface area (Å²) in [4.78, 5) is 24.1. The molecule has 13 heteroatoms. The van der Waals surface area contributed by atoms with Crippen molar-refractivity contribution in [3.05, 3.63) is 28.4 Å². The zero-order valence-electron chi connectivity index (χ0n) is 15.3. The Morgan fingerprint density at radius 1 is 1.31 bits per heavy atom. The topological polar surface area (TPSA) is 115 Å². The summed E-state index contributed by atoms with van der Waals surface area (Å²) in [5.74, 6) is 4.13. The molecule has 0 atom stereocenters. The highest BCUT2D eigenvalue weighted by atomic mass is 32.1. The maximum Gasteiger partial charge on any atom is 0.451 e. The van der Waals surface area contributed by atoms with Crippen LogP contribution in [0.25, 0.3) is 10.2 Å². The van der Waals surface area contributed by atoms with Crippen LogP contribution < -0.4 is 16.2 Å². The number of aryl methyl sites for hydroxylation is 1. The number of carbonyl (C=O) groups is 1. The van der Waals surface area contributed by atoms with E-state index >= 15 is 0 Å². The Bertz CT molecular complexity index is 1080. The second-order valence-corrected chi connectivity index (χ2v) is 7.65. The van der Waals surface area contributed by atoms with Gasteiger partial charge in [0, 0.05) is 18.0 Å². The van der Waals surface area contributed by atoms with E-state index in [2.05, 4.69) is 27.1 Å². The standard InChI is InChI=1S/C16H17F3N8OS/c1-2-3-8-6-9-12(21-11(13(28)23-20)22-14(9)29-8)26-4-5-27-10(7-26)24-25-15(27)16(17,18)19/h6H,2-5,7,20H2,1H3,(H,23,28). The Balaban J connectivity index is 1.76. The van der Waals surface area contributed by atoms with E-state index in [1.54, 1.807) is 4.90 Å². The molecule has 0 fully saturated rings. The van der Waals surface area contributed by atoms with Gasteiger partial charge in [0.25, 0.3) is 0 Å². The molecule has 0 saturated carbocycles. The maximum absolute atomic E-state index is 13.1. The second kappa shape index (κ2) is 7.22. The summed E-state index contributed by atoms with van der Waals surface area (Å²) in [6, 6.07) is 1.96. The third kappa shape index (κ3) is 3.51. The predicted octanol–water partition coefficient (Wildman–Crippen LogP) is 1.88. The lowest BCUT2D eigenvalue weighted by Crippen LogP contribution is -2.37. The molecule has 0 unspecified atom stereocenters. The van der Waals surface area contributed by atoms with Gasteiger partial charge in [-0.1, -0.05) is 13.3 Å². The summed E-state index contributed by atoms with van der Waals surface area (Å²) in [5, 5.41) is 7.74. The summed E-state index contributed by atoms with van der Waals surface area (Å²) < 4.78 is 40.3. The van der Waals surface area contributed by atoms with Gasteiger partial charge in [0.05, 0.1) is 11.9 Å². The van der Waals surface area contributed by atoms with E-state index < -0.39 is 17.9 Å². The molecule has 0 aliphatic carbocycles. The fourth-order valence-corrected chi connectivity index (χ4v) is 4.40. The first-order valence-electron chi connectivity index (χ1n) is 8.87. The van der Waals surface area contributed by atoms with E-state index in [1.807, 2.05) is 11.5 Å². The number of hydrogen-bond donors (Lipinski definition) is 2. The SMILES string of the molecule is CCCc1cc2c(N3CCn4c(nnc4C(F)(F)F)C3)nc(C(=O)NN)nc2s1. The van der Waals surface area contributed by atoms with E-state index in [4.69, 9.17) is 5.84 Å². The maximum atomic E-state index is 13.1. The molecular weight excluding hydrogens is 409 g/mol. The summed E-state index contributed by atoms with van der Waals surface area (Å²) >= 11 is 1.45. The number of anilines is 1. The van der Waals surface area contributed by atoms with Gasteiger partial charge in [0.1, 0.15) is 10.6 Å². The third-order valence-electron chi connectivity index (χ3n) is 4.56. The zero-order chi connectivity index (χ0) is 20.8. The van der Waals surface area contributed by atoms with Crippen molar-refractivity contribution in [2.24, 2.45) is 5.84 Å². The third-order valence-corrected chi connectivity index (χ3v) is 5.65. The van der Waals surface area contributed by atoms with E-state index in [0.29, 0.717) is 10.6 Å². The lowest BCUT2D eigenvalue weighted by Gasteiger charge is -2.29. The van der Waals surface area contributed by atoms with Crippen LogP contribution in [0.5, 0.6) is 0 Å². The van der Waals surface area contributed by atoms with Crippen LogP contribution in [-0.2, 0) is 25.7 Å². The lowest BCUT2D eigenvalue weighted by atomic mass is 10.2. The number of halogens is 3. The molecule has 3 aromatic heterocycles. The van der Waals surface area contributed by atoms with E-state index in [1.165, 1.54) is 11.3 Å². The van der Waals surface area contributed by atoms with Gasteiger partial charge in [-0.25, -0.2) is 15.8 Å². The van der Waals surface area contributed by atoms with Crippen LogP contribution in [0.15, 0.2) is 6.07 Å². The zero-order valence-corrected chi connectivity index (χ0v) is 16.1. The number of nitrogens with two attached hydrogens (primary N) is 1. The molecule has 0 spiro atoms. The molecule has 1 amide bonds. The minimum absolute atomic E-state index is 0.0487. The second-order valence-electron chi connectivity index (χ2n) is 6.54. The minimum atomic E-state index is -4.57. The Morgan fingerprint density at radius 3 is 2.79 bits per heavy atom. The van der Waals surface area contributed by atoms with E-state index in [9.17, 15) is 18.0 Å². The number of nitrogen functional groups attached to an aromatic ring is 1. The van der Waals surface area contributed by atoms with E-state index in [0.717, 1.165) is 27.7 Å². The van der Waals surface area contributed by atoms with Crippen molar-refractivity contribution < 1.29 is 18.0 Å². The van der Waals surface area contributed by atoms with Crippen LogP contribution in [0.3, 0.4) is 0 Å². The normalized spacial score (nSPS) is 14.3. The summed E-state index contributed by atoms with van der Waals surface area (Å²) in [5.41, 5.74) is 2.01. The Morgan fingerprint density at radius 2 is 2.10 bits per heavy atom. The average Bonchev–Trinajstić information content (AvgIpc) is 3.29. The molecule has 0 bridgehead atoms. The average molecular weight is 426 g/mol. The molecule has 3 aromatic rings. The number of fused-ring (bicyclic) bond motifs is 2. The predicted molar refractivity (Wildman–Crippen MR) is 99.1 cm³/mol. The number of rotatable bonds is 4. The molecule has 1 aliphatic rings. The number of nitrogens with one attached hydrogen (secondary N) is 1. The highest BCUT2D eigenvalue weighted by Crippen LogP contribution is 2.34. The monoisotopic (exact) mass is 426 g/mol. The Hall–Kier alpha value is -2.80. The minimum Gasteiger partial charge on any atom is -0.347 e. The fraction of sp³-hybridized carbons (Fsp3) is 0.438. The Kier molecular flexibility index (Phi) is 4.86. The van der Waals surface area contributed by atoms with Crippen molar-refractivity contribution in [2.75, 3.05) is 11.4 Å². The molecule has 4 rings (SSSR count). The molecule has 29 heavy (non-hydrogen) atoms. The number of hydrogen-bond acceptors (Lipinski definition) is 8. The molecule has 0 saturated heterocycles. The van der Waals surface area contributed by atoms with Crippen LogP contribution in [0, 0.1) is 0 Å². The molecule has 0 aromatic carbocycles. The van der Waals surface area contributed by atoms with Crippen LogP contribution in [0.1, 0.15) is 40.5 Å². The van der Waals surface area contributed by atoms with Gasteiger partial charge in [-0.2, -0.15) is 13.2 Å². The fourth-order valence-electron chi connectivity index (χ4n) is 3.28. The summed E-state index contributed by atoms with van der Waals surface area (Å²) in [7, 11) is 0. The van der Waals surface area contributed by atoms with Crippen molar-refractivity contribution >= 4 is 33.3 Å². The number of alkyl halides is 3. The van der Waals surface area contributed by atoms with Crippen LogP contribution >= 0.6 is 11.3 Å². The first-order chi connectivity index (χ1) is 13.8. The van der Waals surface area contributed by atoms with Crippen molar-refractivity contribution in [1.29, 1.82) is 0 Å². The molecule has 1 aliphatic heterocycles. The Labute approximate surface area is 166 Å². The number of thiophene rings is 1. The molecule has 154 valence electrons. The number of nitrogens with zero attached hydrogens (tertiary/aromatic N) is 6. The molecular formula is C16H17F3N8OS. The molecule has 0 radical (unpaired) electrons. The lowest BCUT2D eigenvalue weighted by molar-refractivity contribution is -0.147. The van der Waals surface area contributed by atoms with Crippen molar-refractivity contribution in [2.45, 2.75) is 39.0 Å². The summed E-state index contributed by atoms with van der Waals surface area (Å²) in [6.45, 7) is 2.44. The van der Waals surface area contributed by atoms with Gasteiger partial charge in [-0.15, -0.1) is 21.5 Å². The molecule has 9 nitrogen and oxygen atoms in total. The highest BCUT2D eigenvalue weighted by molar-refractivity contribution is 7.18. The number of aromatic nitrogens is 5. The van der Waals surface area contributed by atoms with Gasteiger partial charge in [0.15, 0.2) is 5.82 Å². The largest absolute Gasteiger partial charge is 0.451 e. The van der Waals surface area contributed by atoms with Gasteiger partial charge in [-0.3, -0.25) is 10.2 Å². The summed E-state index contributed by atoms with van der Waals surface area (Å²) in [6.07, 6.45) is -2.77. The van der Waals surface area contributed by atoms with Crippen molar-refractivity contribution in [3.8, 4) is 0 Å². The smallest absolute Gasteiger partial charge is 0.347 e. The first kappa shape index (κ1) is 19.5. The van der Waals surface area contributed by atoms with Crippen molar-refractivity contribution in [1.82, 2.24) is 30.2 Å². The molecule has 3 N–H and O–H groups in total.